The van der Waals surface area contributed by atoms with E-state index >= 15 is 0 Å². The number of benzene rings is 2. The number of fused-ring (bicyclic) bond motifs is 2. The van der Waals surface area contributed by atoms with Crippen LogP contribution in [0.5, 0.6) is 6.01 Å². The van der Waals surface area contributed by atoms with Gasteiger partial charge in [0.15, 0.2) is 0 Å². The first kappa shape index (κ1) is 28.9. The van der Waals surface area contributed by atoms with E-state index in [4.69, 9.17) is 21.3 Å². The van der Waals surface area contributed by atoms with E-state index in [1.165, 1.54) is 28.4 Å². The first-order valence-corrected chi connectivity index (χ1v) is 15.4. The van der Waals surface area contributed by atoms with Gasteiger partial charge < -0.3 is 29.2 Å². The van der Waals surface area contributed by atoms with E-state index < -0.39 is 0 Å². The quantitative estimate of drug-likeness (QED) is 0.302. The number of nitrogens with zero attached hydrogens (tertiary/aromatic N) is 7. The highest BCUT2D eigenvalue weighted by Crippen LogP contribution is 2.36. The molecule has 9 heteroatoms. The third kappa shape index (κ3) is 5.89. The average Bonchev–Trinajstić information content (AvgIpc) is 3.43. The Bertz CT molecular complexity index is 1560. The summed E-state index contributed by atoms with van der Waals surface area (Å²) in [6.07, 6.45) is 6.46. The molecular weight excluding hydrogens is 538 g/mol. The molecule has 0 aliphatic carbocycles. The Morgan fingerprint density at radius 1 is 1.09 bits per heavy atom. The fourth-order valence-electron chi connectivity index (χ4n) is 6.89. The van der Waals surface area contributed by atoms with Crippen LogP contribution in [0.25, 0.3) is 15.6 Å². The maximum absolute atomic E-state index is 12.8. The number of anilines is 2. The van der Waals surface area contributed by atoms with Crippen LogP contribution in [-0.2, 0) is 17.8 Å². The number of aryl methyl sites for hydroxylation is 1. The molecule has 43 heavy (non-hydrogen) atoms. The van der Waals surface area contributed by atoms with Crippen molar-refractivity contribution in [1.29, 1.82) is 0 Å². The Kier molecular flexibility index (Phi) is 8.48. The van der Waals surface area contributed by atoms with Crippen molar-refractivity contribution in [2.24, 2.45) is 0 Å². The number of likely N-dealkylation sites (tertiary alicyclic amines) is 1. The number of amides is 1. The monoisotopic (exact) mass is 579 g/mol. The lowest BCUT2D eigenvalue weighted by molar-refractivity contribution is -0.128. The number of hydrogen-bond acceptors (Lipinski definition) is 7. The lowest BCUT2D eigenvalue weighted by Gasteiger charge is -2.41. The first-order valence-electron chi connectivity index (χ1n) is 15.4. The second-order valence-electron chi connectivity index (χ2n) is 11.9. The molecular formula is C34H41N7O2. The summed E-state index contributed by atoms with van der Waals surface area (Å²) in [6.45, 7) is 16.8. The molecule has 6 rings (SSSR count). The Hall–Kier alpha value is -4.16. The highest BCUT2D eigenvalue weighted by molar-refractivity contribution is 5.97. The van der Waals surface area contributed by atoms with Crippen molar-refractivity contribution < 1.29 is 9.53 Å². The van der Waals surface area contributed by atoms with Crippen molar-refractivity contribution in [3.63, 3.8) is 0 Å². The minimum Gasteiger partial charge on any atom is -0.462 e. The van der Waals surface area contributed by atoms with Crippen LogP contribution in [0.4, 0.5) is 11.5 Å². The van der Waals surface area contributed by atoms with Crippen LogP contribution in [0.1, 0.15) is 36.6 Å². The second kappa shape index (κ2) is 12.6. The molecule has 2 atom stereocenters. The molecule has 2 saturated heterocycles. The van der Waals surface area contributed by atoms with Gasteiger partial charge in [-0.05, 0) is 69.8 Å². The van der Waals surface area contributed by atoms with E-state index in [2.05, 4.69) is 69.9 Å². The molecule has 0 saturated carbocycles. The Morgan fingerprint density at radius 2 is 1.93 bits per heavy atom. The van der Waals surface area contributed by atoms with Crippen molar-refractivity contribution in [1.82, 2.24) is 19.8 Å². The summed E-state index contributed by atoms with van der Waals surface area (Å²) in [5.74, 6) is 0.855. The van der Waals surface area contributed by atoms with Gasteiger partial charge in [0.05, 0.1) is 12.2 Å². The van der Waals surface area contributed by atoms with Crippen LogP contribution in [-0.4, -0.2) is 90.7 Å². The smallest absolute Gasteiger partial charge is 0.318 e. The summed E-state index contributed by atoms with van der Waals surface area (Å²) in [4.78, 5) is 35.4. The normalized spacial score (nSPS) is 20.9. The molecule has 1 amide bonds. The summed E-state index contributed by atoms with van der Waals surface area (Å²) < 4.78 is 6.32. The highest BCUT2D eigenvalue weighted by Gasteiger charge is 2.35. The fraction of sp³-hybridized carbons (Fsp3) is 0.471. The number of ether oxygens (including phenoxy) is 1. The number of piperazine rings is 1. The molecule has 9 nitrogen and oxygen atoms in total. The number of rotatable bonds is 7. The summed E-state index contributed by atoms with van der Waals surface area (Å²) in [5.41, 5.74) is 4.63. The molecule has 2 fully saturated rings. The molecule has 0 radical (unpaired) electrons. The molecule has 2 aromatic carbocycles. The second-order valence-corrected chi connectivity index (χ2v) is 11.9. The van der Waals surface area contributed by atoms with Crippen LogP contribution in [0.3, 0.4) is 0 Å². The lowest BCUT2D eigenvalue weighted by Crippen LogP contribution is -2.56. The maximum atomic E-state index is 12.8. The summed E-state index contributed by atoms with van der Waals surface area (Å²) >= 11 is 0. The van der Waals surface area contributed by atoms with Crippen LogP contribution >= 0.6 is 0 Å². The van der Waals surface area contributed by atoms with Crippen LogP contribution in [0.2, 0.25) is 0 Å². The van der Waals surface area contributed by atoms with E-state index in [9.17, 15) is 4.79 Å². The largest absolute Gasteiger partial charge is 0.462 e. The Morgan fingerprint density at radius 3 is 2.70 bits per heavy atom. The zero-order chi connectivity index (χ0) is 29.9. The standard InChI is InChI=1S/C34H41N7O2/c1-5-9-31(42)41-19-18-40(21-27(41)20-35-3)33-28-15-17-39(30-14-7-12-25-11-6-10-24(2)32(25)30)22-29(28)36-34(37-33)43-23-26-13-8-16-38(26)4/h5-7,9-12,14,26-27H,8,13,15-23H2,1-2,4H3/b9-5+/t26-,27-/m0/s1. The van der Waals surface area contributed by atoms with E-state index in [0.717, 1.165) is 43.0 Å². The zero-order valence-corrected chi connectivity index (χ0v) is 25.5. The Labute approximate surface area is 254 Å². The van der Waals surface area contributed by atoms with Gasteiger partial charge in [0.2, 0.25) is 12.5 Å². The number of carbonyl (C=O) groups is 1. The van der Waals surface area contributed by atoms with Gasteiger partial charge in [-0.15, -0.1) is 0 Å². The van der Waals surface area contributed by atoms with Gasteiger partial charge in [0.25, 0.3) is 0 Å². The lowest BCUT2D eigenvalue weighted by atomic mass is 9.99. The van der Waals surface area contributed by atoms with Crippen molar-refractivity contribution in [2.45, 2.75) is 51.7 Å². The van der Waals surface area contributed by atoms with Crippen LogP contribution < -0.4 is 14.5 Å². The minimum atomic E-state index is -0.198. The van der Waals surface area contributed by atoms with E-state index in [0.29, 0.717) is 44.8 Å². The fourth-order valence-corrected chi connectivity index (χ4v) is 6.89. The Balaban J connectivity index is 1.33. The molecule has 224 valence electrons. The molecule has 0 bridgehead atoms. The molecule has 3 aliphatic rings. The van der Waals surface area contributed by atoms with E-state index in [-0.39, 0.29) is 18.5 Å². The SMILES string of the molecule is [C-]#[N+]C[C@H]1CN(c2nc(OC[C@@H]3CCCN3C)nc3c2CCN(c2cccc4cccc(C)c24)C3)CCN1C(=O)/C=C/C. The van der Waals surface area contributed by atoms with Crippen LogP contribution in [0.15, 0.2) is 48.6 Å². The summed E-state index contributed by atoms with van der Waals surface area (Å²) in [6, 6.07) is 13.6. The molecule has 0 unspecified atom stereocenters. The predicted molar refractivity (Wildman–Crippen MR) is 171 cm³/mol. The topological polar surface area (TPSA) is 69.4 Å². The molecule has 0 N–H and O–H groups in total. The summed E-state index contributed by atoms with van der Waals surface area (Å²) in [5, 5.41) is 2.53. The van der Waals surface area contributed by atoms with Crippen molar-refractivity contribution in [2.75, 3.05) is 62.7 Å². The van der Waals surface area contributed by atoms with E-state index in [1.807, 2.05) is 11.8 Å². The molecule has 3 aliphatic heterocycles. The number of allylic oxidation sites excluding steroid dienone is 1. The molecule has 1 aromatic heterocycles. The molecule has 4 heterocycles. The van der Waals surface area contributed by atoms with Gasteiger partial charge in [-0.3, -0.25) is 4.79 Å². The third-order valence-electron chi connectivity index (χ3n) is 9.21. The molecule has 0 spiro atoms. The van der Waals surface area contributed by atoms with Gasteiger partial charge in [-0.2, -0.15) is 9.97 Å². The van der Waals surface area contributed by atoms with Gasteiger partial charge in [0, 0.05) is 48.9 Å². The first-order chi connectivity index (χ1) is 21.0. The van der Waals surface area contributed by atoms with Crippen LogP contribution in [0, 0.1) is 13.5 Å². The van der Waals surface area contributed by atoms with Gasteiger partial charge >= 0.3 is 6.01 Å². The summed E-state index contributed by atoms with van der Waals surface area (Å²) in [7, 11) is 2.15. The van der Waals surface area contributed by atoms with Gasteiger partial charge in [0.1, 0.15) is 18.5 Å². The van der Waals surface area contributed by atoms with Crippen molar-refractivity contribution >= 4 is 28.2 Å². The number of hydrogen-bond donors (Lipinski definition) is 0. The zero-order valence-electron chi connectivity index (χ0n) is 25.5. The highest BCUT2D eigenvalue weighted by atomic mass is 16.5. The molecule has 3 aromatic rings. The number of likely N-dealkylation sites (N-methyl/N-ethyl adjacent to an activating group) is 1. The van der Waals surface area contributed by atoms with Crippen molar-refractivity contribution in [3.8, 4) is 6.01 Å². The third-order valence-corrected chi connectivity index (χ3v) is 9.21. The van der Waals surface area contributed by atoms with Crippen molar-refractivity contribution in [3.05, 3.63) is 76.8 Å². The van der Waals surface area contributed by atoms with Gasteiger partial charge in [-0.25, -0.2) is 6.57 Å². The minimum absolute atomic E-state index is 0.0359. The number of aromatic nitrogens is 2. The predicted octanol–water partition coefficient (Wildman–Crippen LogP) is 4.49. The van der Waals surface area contributed by atoms with E-state index in [1.54, 1.807) is 12.2 Å². The van der Waals surface area contributed by atoms with Gasteiger partial charge in [-0.1, -0.05) is 36.4 Å². The maximum Gasteiger partial charge on any atom is 0.318 e. The number of carbonyl (C=O) groups excluding carboxylic acids is 1. The average molecular weight is 580 g/mol.